The van der Waals surface area contributed by atoms with Crippen LogP contribution in [0.3, 0.4) is 0 Å². The van der Waals surface area contributed by atoms with E-state index in [0.29, 0.717) is 5.71 Å². The summed E-state index contributed by atoms with van der Waals surface area (Å²) in [6.45, 7) is 0. The van der Waals surface area contributed by atoms with E-state index in [4.69, 9.17) is 5.41 Å². The molecule has 1 aromatic rings. The second-order valence-corrected chi connectivity index (χ2v) is 3.87. The molecule has 0 saturated carbocycles. The summed E-state index contributed by atoms with van der Waals surface area (Å²) in [5, 5.41) is 7.57. The monoisotopic (exact) mass is 209 g/mol. The summed E-state index contributed by atoms with van der Waals surface area (Å²) < 4.78 is 0. The molecule has 0 unspecified atom stereocenters. The summed E-state index contributed by atoms with van der Waals surface area (Å²) in [6, 6.07) is 10.3. The highest BCUT2D eigenvalue weighted by Crippen LogP contribution is 2.13. The second kappa shape index (κ2) is 5.26. The molecular formula is C15H15N. The van der Waals surface area contributed by atoms with Crippen LogP contribution in [0.2, 0.25) is 0 Å². The van der Waals surface area contributed by atoms with Crippen molar-refractivity contribution in [3.8, 4) is 0 Å². The molecule has 0 fully saturated rings. The first-order chi connectivity index (χ1) is 7.84. The molecule has 1 aliphatic rings. The quantitative estimate of drug-likeness (QED) is 0.761. The van der Waals surface area contributed by atoms with E-state index in [-0.39, 0.29) is 0 Å². The minimum absolute atomic E-state index is 0.708. The van der Waals surface area contributed by atoms with E-state index >= 15 is 0 Å². The molecule has 0 saturated heterocycles. The standard InChI is InChI=1S/C15H15N/c16-15-8-4-7-14(11-12-15)10-9-13-5-2-1-3-6-13/h1-10,16H,11-12H2/b10-9+,16-15?. The summed E-state index contributed by atoms with van der Waals surface area (Å²) in [4.78, 5) is 0. The number of allylic oxidation sites excluding steroid dienone is 5. The molecule has 16 heavy (non-hydrogen) atoms. The Hall–Kier alpha value is -1.89. The van der Waals surface area contributed by atoms with Gasteiger partial charge in [0.1, 0.15) is 0 Å². The normalized spacial score (nSPS) is 16.2. The fourth-order valence-corrected chi connectivity index (χ4v) is 1.64. The van der Waals surface area contributed by atoms with Gasteiger partial charge < -0.3 is 5.41 Å². The number of benzene rings is 1. The molecule has 0 spiro atoms. The van der Waals surface area contributed by atoms with Gasteiger partial charge in [0.2, 0.25) is 0 Å². The summed E-state index contributed by atoms with van der Waals surface area (Å²) >= 11 is 0. The molecule has 1 nitrogen and oxygen atoms in total. The van der Waals surface area contributed by atoms with Crippen LogP contribution in [0.5, 0.6) is 0 Å². The lowest BCUT2D eigenvalue weighted by molar-refractivity contribution is 1.05. The molecule has 0 amide bonds. The van der Waals surface area contributed by atoms with Crippen molar-refractivity contribution in [1.29, 1.82) is 5.41 Å². The first-order valence-corrected chi connectivity index (χ1v) is 5.52. The summed E-state index contributed by atoms with van der Waals surface area (Å²) in [5.74, 6) is 0. The third-order valence-corrected chi connectivity index (χ3v) is 2.58. The first-order valence-electron chi connectivity index (χ1n) is 5.52. The molecule has 0 atom stereocenters. The highest BCUT2D eigenvalue weighted by atomic mass is 14.4. The van der Waals surface area contributed by atoms with Gasteiger partial charge in [-0.2, -0.15) is 0 Å². The van der Waals surface area contributed by atoms with E-state index in [9.17, 15) is 0 Å². The van der Waals surface area contributed by atoms with Crippen molar-refractivity contribution in [2.45, 2.75) is 12.8 Å². The first kappa shape index (κ1) is 10.6. The van der Waals surface area contributed by atoms with Gasteiger partial charge in [-0.3, -0.25) is 0 Å². The minimum Gasteiger partial charge on any atom is -0.305 e. The maximum absolute atomic E-state index is 7.57. The van der Waals surface area contributed by atoms with Crippen LogP contribution < -0.4 is 0 Å². The van der Waals surface area contributed by atoms with Crippen molar-refractivity contribution in [2.24, 2.45) is 0 Å². The van der Waals surface area contributed by atoms with Crippen LogP contribution in [-0.2, 0) is 0 Å². The third-order valence-electron chi connectivity index (χ3n) is 2.58. The van der Waals surface area contributed by atoms with Gasteiger partial charge in [-0.05, 0) is 30.1 Å². The van der Waals surface area contributed by atoms with Gasteiger partial charge in [-0.15, -0.1) is 0 Å². The van der Waals surface area contributed by atoms with Crippen LogP contribution in [0.25, 0.3) is 6.08 Å². The number of hydrogen-bond acceptors (Lipinski definition) is 1. The molecule has 0 radical (unpaired) electrons. The van der Waals surface area contributed by atoms with Gasteiger partial charge in [0, 0.05) is 5.71 Å². The van der Waals surface area contributed by atoms with E-state index in [1.54, 1.807) is 0 Å². The Labute approximate surface area is 96.3 Å². The van der Waals surface area contributed by atoms with Crippen LogP contribution in [0.1, 0.15) is 18.4 Å². The van der Waals surface area contributed by atoms with Crippen molar-refractivity contribution >= 4 is 11.8 Å². The smallest absolute Gasteiger partial charge is 0.0317 e. The summed E-state index contributed by atoms with van der Waals surface area (Å²) in [5.41, 5.74) is 3.20. The van der Waals surface area contributed by atoms with E-state index in [0.717, 1.165) is 12.8 Å². The zero-order valence-electron chi connectivity index (χ0n) is 9.19. The predicted octanol–water partition coefficient (Wildman–Crippen LogP) is 4.00. The number of nitrogens with one attached hydrogen (secondary N) is 1. The lowest BCUT2D eigenvalue weighted by atomic mass is 10.1. The highest BCUT2D eigenvalue weighted by molar-refractivity contribution is 5.93. The molecule has 80 valence electrons. The number of rotatable bonds is 2. The van der Waals surface area contributed by atoms with Crippen molar-refractivity contribution in [3.05, 3.63) is 65.8 Å². The Balaban J connectivity index is 2.05. The largest absolute Gasteiger partial charge is 0.305 e. The van der Waals surface area contributed by atoms with Crippen molar-refractivity contribution in [3.63, 3.8) is 0 Å². The molecule has 2 rings (SSSR count). The molecule has 0 aromatic heterocycles. The lowest BCUT2D eigenvalue weighted by Gasteiger charge is -1.98. The van der Waals surface area contributed by atoms with E-state index in [1.807, 2.05) is 30.4 Å². The summed E-state index contributed by atoms with van der Waals surface area (Å²) in [7, 11) is 0. The van der Waals surface area contributed by atoms with Crippen molar-refractivity contribution in [2.75, 3.05) is 0 Å². The minimum atomic E-state index is 0.708. The van der Waals surface area contributed by atoms with Crippen LogP contribution in [0.4, 0.5) is 0 Å². The molecule has 1 N–H and O–H groups in total. The zero-order valence-corrected chi connectivity index (χ0v) is 9.19. The Kier molecular flexibility index (Phi) is 3.50. The van der Waals surface area contributed by atoms with Crippen LogP contribution >= 0.6 is 0 Å². The second-order valence-electron chi connectivity index (χ2n) is 3.87. The van der Waals surface area contributed by atoms with Gasteiger partial charge in [-0.25, -0.2) is 0 Å². The molecule has 1 heteroatoms. The van der Waals surface area contributed by atoms with Crippen molar-refractivity contribution in [1.82, 2.24) is 0 Å². The average Bonchev–Trinajstić information content (AvgIpc) is 2.53. The van der Waals surface area contributed by atoms with E-state index < -0.39 is 0 Å². The molecule has 1 aromatic carbocycles. The van der Waals surface area contributed by atoms with Crippen molar-refractivity contribution < 1.29 is 0 Å². The van der Waals surface area contributed by atoms with Gasteiger partial charge in [0.25, 0.3) is 0 Å². The van der Waals surface area contributed by atoms with Crippen LogP contribution in [0.15, 0.2) is 60.2 Å². The Morgan fingerprint density at radius 3 is 2.62 bits per heavy atom. The van der Waals surface area contributed by atoms with Crippen LogP contribution in [0, 0.1) is 5.41 Å². The predicted molar refractivity (Wildman–Crippen MR) is 69.7 cm³/mol. The molecule has 0 heterocycles. The Bertz CT molecular complexity index is 450. The van der Waals surface area contributed by atoms with E-state index in [1.165, 1.54) is 11.1 Å². The maximum atomic E-state index is 7.57. The Morgan fingerprint density at radius 2 is 1.81 bits per heavy atom. The van der Waals surface area contributed by atoms with E-state index in [2.05, 4.69) is 30.4 Å². The number of hydrogen-bond donors (Lipinski definition) is 1. The van der Waals surface area contributed by atoms with Gasteiger partial charge >= 0.3 is 0 Å². The molecule has 0 aliphatic heterocycles. The average molecular weight is 209 g/mol. The molecular weight excluding hydrogens is 194 g/mol. The van der Waals surface area contributed by atoms with Gasteiger partial charge in [-0.1, -0.05) is 54.6 Å². The Morgan fingerprint density at radius 1 is 1.00 bits per heavy atom. The fraction of sp³-hybridized carbons (Fsp3) is 0.133. The third kappa shape index (κ3) is 3.06. The van der Waals surface area contributed by atoms with Gasteiger partial charge in [0.05, 0.1) is 0 Å². The highest BCUT2D eigenvalue weighted by Gasteiger charge is 1.99. The maximum Gasteiger partial charge on any atom is 0.0317 e. The van der Waals surface area contributed by atoms with Gasteiger partial charge in [0.15, 0.2) is 0 Å². The topological polar surface area (TPSA) is 23.9 Å². The lowest BCUT2D eigenvalue weighted by Crippen LogP contribution is -1.88. The molecule has 1 aliphatic carbocycles. The van der Waals surface area contributed by atoms with Crippen LogP contribution in [-0.4, -0.2) is 5.71 Å². The zero-order chi connectivity index (χ0) is 11.2. The fourth-order valence-electron chi connectivity index (χ4n) is 1.64. The summed E-state index contributed by atoms with van der Waals surface area (Å²) in [6.07, 6.45) is 12.0. The SMILES string of the molecule is N=C1C=CC=C(/C=C/c2ccccc2)CC1. The molecule has 0 bridgehead atoms.